The number of methoxy groups -OCH3 is 1. The normalized spacial score (nSPS) is 20.7. The second-order valence-corrected chi connectivity index (χ2v) is 5.23. The summed E-state index contributed by atoms with van der Waals surface area (Å²) in [6.45, 7) is 2.43. The zero-order chi connectivity index (χ0) is 12.1. The Labute approximate surface area is 112 Å². The van der Waals surface area contributed by atoms with Crippen LogP contribution in [0, 0.1) is 0 Å². The van der Waals surface area contributed by atoms with Crippen molar-refractivity contribution in [1.82, 2.24) is 4.90 Å². The maximum Gasteiger partial charge on any atom is 0.118 e. The van der Waals surface area contributed by atoms with E-state index in [-0.39, 0.29) is 0 Å². The molecule has 0 aliphatic carbocycles. The highest BCUT2D eigenvalue weighted by molar-refractivity contribution is 9.09. The zero-order valence-corrected chi connectivity index (χ0v) is 11.9. The fourth-order valence-electron chi connectivity index (χ4n) is 2.43. The molecule has 0 spiro atoms. The molecule has 1 atom stereocenters. The highest BCUT2D eigenvalue weighted by Crippen LogP contribution is 2.19. The van der Waals surface area contributed by atoms with Gasteiger partial charge in [-0.25, -0.2) is 0 Å². The molecule has 17 heavy (non-hydrogen) atoms. The van der Waals surface area contributed by atoms with Crippen LogP contribution in [-0.4, -0.2) is 36.5 Å². The lowest BCUT2D eigenvalue weighted by molar-refractivity contribution is 0.277. The quantitative estimate of drug-likeness (QED) is 0.775. The maximum atomic E-state index is 5.16. The number of nitrogens with zero attached hydrogens (tertiary/aromatic N) is 1. The molecule has 2 rings (SSSR count). The first kappa shape index (κ1) is 12.9. The van der Waals surface area contributed by atoms with E-state index in [0.717, 1.165) is 23.5 Å². The number of ether oxygens (including phenoxy) is 1. The van der Waals surface area contributed by atoms with E-state index in [1.807, 2.05) is 12.1 Å². The Bertz CT molecular complexity index is 339. The fourth-order valence-corrected chi connectivity index (χ4v) is 3.16. The summed E-state index contributed by atoms with van der Waals surface area (Å²) in [6.07, 6.45) is 3.82. The topological polar surface area (TPSA) is 12.5 Å². The highest BCUT2D eigenvalue weighted by atomic mass is 79.9. The Morgan fingerprint density at radius 2 is 2.12 bits per heavy atom. The van der Waals surface area contributed by atoms with Crippen molar-refractivity contribution < 1.29 is 4.74 Å². The Morgan fingerprint density at radius 1 is 1.35 bits per heavy atom. The molecule has 1 fully saturated rings. The minimum absolute atomic E-state index is 0.744. The predicted molar refractivity (Wildman–Crippen MR) is 75.1 cm³/mol. The molecule has 1 aromatic carbocycles. The largest absolute Gasteiger partial charge is 0.497 e. The van der Waals surface area contributed by atoms with E-state index in [1.54, 1.807) is 7.11 Å². The molecule has 0 N–H and O–H groups in total. The van der Waals surface area contributed by atoms with Crippen LogP contribution in [-0.2, 0) is 6.42 Å². The number of halogens is 1. The number of rotatable bonds is 5. The number of benzene rings is 1. The minimum Gasteiger partial charge on any atom is -0.497 e. The molecule has 0 amide bonds. The summed E-state index contributed by atoms with van der Waals surface area (Å²) in [5.41, 5.74) is 1.39. The van der Waals surface area contributed by atoms with E-state index in [0.29, 0.717) is 0 Å². The Morgan fingerprint density at radius 3 is 2.76 bits per heavy atom. The first-order valence-corrected chi connectivity index (χ1v) is 7.38. The molecule has 94 valence electrons. The van der Waals surface area contributed by atoms with Gasteiger partial charge in [0, 0.05) is 17.9 Å². The van der Waals surface area contributed by atoms with Crippen molar-refractivity contribution in [2.75, 3.05) is 25.5 Å². The van der Waals surface area contributed by atoms with Crippen LogP contribution in [0.15, 0.2) is 24.3 Å². The van der Waals surface area contributed by atoms with E-state index in [4.69, 9.17) is 4.74 Å². The van der Waals surface area contributed by atoms with E-state index < -0.39 is 0 Å². The molecule has 1 aliphatic heterocycles. The van der Waals surface area contributed by atoms with Crippen molar-refractivity contribution >= 4 is 15.9 Å². The molecular weight excluding hydrogens is 278 g/mol. The molecule has 0 radical (unpaired) electrons. The molecule has 0 bridgehead atoms. The average Bonchev–Trinajstić information content (AvgIpc) is 2.84. The lowest BCUT2D eigenvalue weighted by Gasteiger charge is -2.22. The van der Waals surface area contributed by atoms with Crippen molar-refractivity contribution in [1.29, 1.82) is 0 Å². The van der Waals surface area contributed by atoms with Crippen LogP contribution >= 0.6 is 15.9 Å². The van der Waals surface area contributed by atoms with E-state index in [1.165, 1.54) is 31.5 Å². The third-order valence-electron chi connectivity index (χ3n) is 3.52. The van der Waals surface area contributed by atoms with Crippen LogP contribution in [0.3, 0.4) is 0 Å². The van der Waals surface area contributed by atoms with E-state index >= 15 is 0 Å². The summed E-state index contributed by atoms with van der Waals surface area (Å²) in [4.78, 5) is 2.60. The molecule has 0 saturated carbocycles. The highest BCUT2D eigenvalue weighted by Gasteiger charge is 2.22. The molecule has 0 aromatic heterocycles. The van der Waals surface area contributed by atoms with Crippen molar-refractivity contribution in [2.24, 2.45) is 0 Å². The first-order valence-electron chi connectivity index (χ1n) is 6.26. The van der Waals surface area contributed by atoms with Gasteiger partial charge in [0.15, 0.2) is 0 Å². The monoisotopic (exact) mass is 297 g/mol. The van der Waals surface area contributed by atoms with Gasteiger partial charge in [0.2, 0.25) is 0 Å². The van der Waals surface area contributed by atoms with Crippen LogP contribution in [0.5, 0.6) is 5.75 Å². The van der Waals surface area contributed by atoms with Crippen molar-refractivity contribution in [3.8, 4) is 5.75 Å². The van der Waals surface area contributed by atoms with Crippen LogP contribution in [0.2, 0.25) is 0 Å². The van der Waals surface area contributed by atoms with Crippen LogP contribution in [0.25, 0.3) is 0 Å². The zero-order valence-electron chi connectivity index (χ0n) is 10.4. The molecule has 1 aliphatic rings. The fraction of sp³-hybridized carbons (Fsp3) is 0.571. The van der Waals surface area contributed by atoms with Crippen LogP contribution in [0.1, 0.15) is 18.4 Å². The number of hydrogen-bond donors (Lipinski definition) is 0. The Hall–Kier alpha value is -0.540. The number of likely N-dealkylation sites (tertiary alicyclic amines) is 1. The Balaban J connectivity index is 1.84. The third-order valence-corrected chi connectivity index (χ3v) is 4.27. The van der Waals surface area contributed by atoms with Gasteiger partial charge in [0.05, 0.1) is 7.11 Å². The van der Waals surface area contributed by atoms with Gasteiger partial charge in [0.25, 0.3) is 0 Å². The maximum absolute atomic E-state index is 5.16. The van der Waals surface area contributed by atoms with E-state index in [2.05, 4.69) is 33.0 Å². The van der Waals surface area contributed by atoms with Gasteiger partial charge in [0.1, 0.15) is 5.75 Å². The van der Waals surface area contributed by atoms with Crippen molar-refractivity contribution in [3.63, 3.8) is 0 Å². The molecule has 2 nitrogen and oxygen atoms in total. The molecule has 1 aromatic rings. The van der Waals surface area contributed by atoms with Gasteiger partial charge in [-0.1, -0.05) is 28.1 Å². The standard InChI is InChI=1S/C14H20BrNO/c1-17-14-6-4-12(5-7-14)8-10-16-9-2-3-13(16)11-15/h4-7,13H,2-3,8-11H2,1H3. The molecule has 1 heterocycles. The van der Waals surface area contributed by atoms with Gasteiger partial charge in [-0.15, -0.1) is 0 Å². The van der Waals surface area contributed by atoms with Gasteiger partial charge >= 0.3 is 0 Å². The summed E-state index contributed by atoms with van der Waals surface area (Å²) >= 11 is 3.60. The van der Waals surface area contributed by atoms with Gasteiger partial charge in [-0.3, -0.25) is 4.90 Å². The van der Waals surface area contributed by atoms with E-state index in [9.17, 15) is 0 Å². The Kier molecular flexibility index (Phi) is 4.86. The summed E-state index contributed by atoms with van der Waals surface area (Å²) in [7, 11) is 1.71. The first-order chi connectivity index (χ1) is 8.33. The molecular formula is C14H20BrNO. The summed E-state index contributed by atoms with van der Waals surface area (Å²) in [5, 5.41) is 1.11. The second kappa shape index (κ2) is 6.41. The lowest BCUT2D eigenvalue weighted by Crippen LogP contribution is -2.32. The lowest BCUT2D eigenvalue weighted by atomic mass is 10.1. The second-order valence-electron chi connectivity index (χ2n) is 4.58. The average molecular weight is 298 g/mol. The van der Waals surface area contributed by atoms with Crippen LogP contribution < -0.4 is 4.74 Å². The SMILES string of the molecule is COc1ccc(CCN2CCCC2CBr)cc1. The van der Waals surface area contributed by atoms with Gasteiger partial charge < -0.3 is 4.74 Å². The summed E-state index contributed by atoms with van der Waals surface area (Å²) < 4.78 is 5.16. The summed E-state index contributed by atoms with van der Waals surface area (Å²) in [5.74, 6) is 0.938. The van der Waals surface area contributed by atoms with Crippen LogP contribution in [0.4, 0.5) is 0 Å². The molecule has 1 saturated heterocycles. The number of alkyl halides is 1. The van der Waals surface area contributed by atoms with Crippen molar-refractivity contribution in [3.05, 3.63) is 29.8 Å². The predicted octanol–water partition coefficient (Wildman–Crippen LogP) is 3.10. The summed E-state index contributed by atoms with van der Waals surface area (Å²) in [6, 6.07) is 9.16. The molecule has 1 unspecified atom stereocenters. The smallest absolute Gasteiger partial charge is 0.118 e. The minimum atomic E-state index is 0.744. The van der Waals surface area contributed by atoms with Gasteiger partial charge in [-0.2, -0.15) is 0 Å². The number of hydrogen-bond acceptors (Lipinski definition) is 2. The van der Waals surface area contributed by atoms with Gasteiger partial charge in [-0.05, 0) is 43.5 Å². The van der Waals surface area contributed by atoms with Crippen molar-refractivity contribution in [2.45, 2.75) is 25.3 Å². The third kappa shape index (κ3) is 3.46. The molecule has 3 heteroatoms.